The number of nitrogens with zero attached hydrogens (tertiary/aromatic N) is 1. The van der Waals surface area contributed by atoms with Crippen LogP contribution >= 0.6 is 11.8 Å². The largest absolute Gasteiger partial charge is 0.465 e. The van der Waals surface area contributed by atoms with Gasteiger partial charge in [0.1, 0.15) is 10.7 Å². The van der Waals surface area contributed by atoms with E-state index < -0.39 is 70.2 Å². The maximum absolute atomic E-state index is 14.1. The molecule has 0 aliphatic heterocycles. The third kappa shape index (κ3) is 8.04. The van der Waals surface area contributed by atoms with Crippen LogP contribution in [0.3, 0.4) is 0 Å². The van der Waals surface area contributed by atoms with Crippen LogP contribution in [0.25, 0.3) is 0 Å². The molecule has 31 heavy (non-hydrogen) atoms. The van der Waals surface area contributed by atoms with Crippen molar-refractivity contribution in [2.45, 2.75) is 20.8 Å². The van der Waals surface area contributed by atoms with E-state index in [4.69, 9.17) is 9.47 Å². The van der Waals surface area contributed by atoms with Crippen molar-refractivity contribution in [3.05, 3.63) is 29.6 Å². The topological polar surface area (TPSA) is 108 Å². The summed E-state index contributed by atoms with van der Waals surface area (Å²) in [4.78, 5) is 51.2. The number of esters is 3. The van der Waals surface area contributed by atoms with Gasteiger partial charge in [-0.2, -0.15) is 0 Å². The first-order valence-electron chi connectivity index (χ1n) is 8.95. The van der Waals surface area contributed by atoms with E-state index in [1.54, 1.807) is 0 Å². The molecule has 0 spiro atoms. The summed E-state index contributed by atoms with van der Waals surface area (Å²) in [5.41, 5.74) is -0.715. The number of Topliss-reactive ketones (excluding diaryl/α,β-unsaturated/α-hetero) is 1. The van der Waals surface area contributed by atoms with Crippen LogP contribution in [0, 0.1) is 23.4 Å². The molecule has 8 nitrogen and oxygen atoms in total. The van der Waals surface area contributed by atoms with Crippen molar-refractivity contribution in [2.75, 3.05) is 25.6 Å². The Balaban J connectivity index is 3.37. The van der Waals surface area contributed by atoms with Crippen LogP contribution in [0.4, 0.5) is 18.9 Å². The average Bonchev–Trinajstić information content (AvgIpc) is 2.71. The number of halogens is 3. The zero-order chi connectivity index (χ0) is 23.6. The van der Waals surface area contributed by atoms with Gasteiger partial charge in [-0.05, 0) is 26.0 Å². The summed E-state index contributed by atoms with van der Waals surface area (Å²) in [7, 11) is 0. The SMILES string of the molecule is CCOC(=O)C(C(=O)OCC)C(=Nc1ccc(F)c(F)c1F)SCC(=O)COC(C)=O. The Morgan fingerprint density at radius 2 is 1.55 bits per heavy atom. The van der Waals surface area contributed by atoms with Crippen LogP contribution < -0.4 is 0 Å². The predicted octanol–water partition coefficient (Wildman–Crippen LogP) is 2.74. The average molecular weight is 463 g/mol. The van der Waals surface area contributed by atoms with Gasteiger partial charge < -0.3 is 14.2 Å². The number of benzene rings is 1. The van der Waals surface area contributed by atoms with Crippen molar-refractivity contribution in [1.82, 2.24) is 0 Å². The van der Waals surface area contributed by atoms with Gasteiger partial charge in [0.05, 0.1) is 19.0 Å². The molecule has 0 heterocycles. The van der Waals surface area contributed by atoms with Crippen molar-refractivity contribution in [3.8, 4) is 0 Å². The fourth-order valence-electron chi connectivity index (χ4n) is 2.03. The molecule has 0 aliphatic rings. The minimum absolute atomic E-state index is 0.113. The highest BCUT2D eigenvalue weighted by molar-refractivity contribution is 8.14. The summed E-state index contributed by atoms with van der Waals surface area (Å²) in [6.45, 7) is 3.23. The van der Waals surface area contributed by atoms with E-state index in [1.807, 2.05) is 0 Å². The summed E-state index contributed by atoms with van der Waals surface area (Å²) in [5.74, 6) is -10.7. The van der Waals surface area contributed by atoms with E-state index >= 15 is 0 Å². The second kappa shape index (κ2) is 12.7. The molecule has 0 fully saturated rings. The maximum Gasteiger partial charge on any atom is 0.327 e. The minimum Gasteiger partial charge on any atom is -0.465 e. The number of thioether (sulfide) groups is 1. The highest BCUT2D eigenvalue weighted by Gasteiger charge is 2.36. The zero-order valence-electron chi connectivity index (χ0n) is 16.9. The molecule has 0 radical (unpaired) electrons. The van der Waals surface area contributed by atoms with Gasteiger partial charge >= 0.3 is 17.9 Å². The monoisotopic (exact) mass is 463 g/mol. The van der Waals surface area contributed by atoms with E-state index in [-0.39, 0.29) is 13.2 Å². The van der Waals surface area contributed by atoms with Crippen molar-refractivity contribution < 1.29 is 46.6 Å². The molecule has 0 saturated heterocycles. The van der Waals surface area contributed by atoms with Gasteiger partial charge in [-0.3, -0.25) is 19.2 Å². The van der Waals surface area contributed by atoms with Gasteiger partial charge in [0.2, 0.25) is 5.92 Å². The van der Waals surface area contributed by atoms with E-state index in [0.717, 1.165) is 13.0 Å². The number of aliphatic imine (C=N–C) groups is 1. The summed E-state index contributed by atoms with van der Waals surface area (Å²) in [6, 6.07) is 1.40. The highest BCUT2D eigenvalue weighted by Crippen LogP contribution is 2.27. The third-order valence-corrected chi connectivity index (χ3v) is 4.44. The van der Waals surface area contributed by atoms with Crippen molar-refractivity contribution in [3.63, 3.8) is 0 Å². The second-order valence-electron chi connectivity index (χ2n) is 5.69. The maximum atomic E-state index is 14.1. The molecule has 0 atom stereocenters. The van der Waals surface area contributed by atoms with Crippen LogP contribution in [-0.4, -0.2) is 54.3 Å². The molecule has 0 N–H and O–H groups in total. The van der Waals surface area contributed by atoms with Crippen LogP contribution in [0.2, 0.25) is 0 Å². The number of ketones is 1. The Kier molecular flexibility index (Phi) is 10.7. The molecule has 0 unspecified atom stereocenters. The van der Waals surface area contributed by atoms with Crippen LogP contribution in [0.5, 0.6) is 0 Å². The summed E-state index contributed by atoms with van der Waals surface area (Å²) in [6.07, 6.45) is 0. The Morgan fingerprint density at radius 3 is 2.06 bits per heavy atom. The van der Waals surface area contributed by atoms with Crippen molar-refractivity contribution >= 4 is 46.2 Å². The normalized spacial score (nSPS) is 11.3. The lowest BCUT2D eigenvalue weighted by atomic mass is 10.1. The molecular formula is C19H20F3NO7S. The number of rotatable bonds is 10. The number of ether oxygens (including phenoxy) is 3. The quantitative estimate of drug-likeness (QED) is 0.130. The van der Waals surface area contributed by atoms with Gasteiger partial charge in [-0.25, -0.2) is 18.2 Å². The van der Waals surface area contributed by atoms with Gasteiger partial charge in [0.25, 0.3) is 0 Å². The highest BCUT2D eigenvalue weighted by atomic mass is 32.2. The second-order valence-corrected chi connectivity index (χ2v) is 6.68. The summed E-state index contributed by atoms with van der Waals surface area (Å²) < 4.78 is 55.1. The van der Waals surface area contributed by atoms with Crippen molar-refractivity contribution in [1.29, 1.82) is 0 Å². The first kappa shape index (κ1) is 26.1. The molecule has 1 aromatic rings. The Hall–Kier alpha value is -2.89. The molecule has 1 aromatic carbocycles. The van der Waals surface area contributed by atoms with Gasteiger partial charge in [-0.15, -0.1) is 11.8 Å². The standard InChI is InChI=1S/C19H20F3NO7S/c1-4-28-18(26)14(19(27)29-5-2)17(31-9-11(25)8-30-10(3)24)23-13-7-6-12(20)15(21)16(13)22/h6-7,14H,4-5,8-9H2,1-3H3. The van der Waals surface area contributed by atoms with E-state index in [2.05, 4.69) is 9.73 Å². The van der Waals surface area contributed by atoms with Crippen LogP contribution in [0.15, 0.2) is 17.1 Å². The predicted molar refractivity (Wildman–Crippen MR) is 104 cm³/mol. The zero-order valence-corrected chi connectivity index (χ0v) is 17.7. The molecule has 0 aromatic heterocycles. The smallest absolute Gasteiger partial charge is 0.327 e. The molecular weight excluding hydrogens is 443 g/mol. The molecule has 0 aliphatic carbocycles. The summed E-state index contributed by atoms with van der Waals surface area (Å²) in [5, 5.41) is -0.446. The minimum atomic E-state index is -1.81. The van der Waals surface area contributed by atoms with Crippen LogP contribution in [-0.2, 0) is 33.4 Å². The first-order chi connectivity index (χ1) is 14.6. The Morgan fingerprint density at radius 1 is 0.968 bits per heavy atom. The van der Waals surface area contributed by atoms with E-state index in [0.29, 0.717) is 17.8 Å². The lowest BCUT2D eigenvalue weighted by molar-refractivity contribution is -0.157. The van der Waals surface area contributed by atoms with E-state index in [1.165, 1.54) is 13.8 Å². The molecule has 170 valence electrons. The van der Waals surface area contributed by atoms with Gasteiger partial charge in [0.15, 0.2) is 29.8 Å². The van der Waals surface area contributed by atoms with Crippen LogP contribution in [0.1, 0.15) is 20.8 Å². The fourth-order valence-corrected chi connectivity index (χ4v) is 2.94. The fraction of sp³-hybridized carbons (Fsp3) is 0.421. The number of hydrogen-bond donors (Lipinski definition) is 0. The lowest BCUT2D eigenvalue weighted by Gasteiger charge is -2.16. The third-order valence-electron chi connectivity index (χ3n) is 3.35. The van der Waals surface area contributed by atoms with Gasteiger partial charge in [0, 0.05) is 6.92 Å². The number of hydrogen-bond acceptors (Lipinski definition) is 9. The van der Waals surface area contributed by atoms with Crippen molar-refractivity contribution in [2.24, 2.45) is 10.9 Å². The molecule has 12 heteroatoms. The lowest BCUT2D eigenvalue weighted by Crippen LogP contribution is -2.34. The first-order valence-corrected chi connectivity index (χ1v) is 9.94. The molecule has 0 amide bonds. The van der Waals surface area contributed by atoms with Gasteiger partial charge in [-0.1, -0.05) is 0 Å². The number of carbonyl (C=O) groups excluding carboxylic acids is 4. The molecule has 1 rings (SSSR count). The molecule has 0 bridgehead atoms. The Labute approximate surface area is 180 Å². The summed E-state index contributed by atoms with van der Waals surface area (Å²) >= 11 is 0.536. The Bertz CT molecular complexity index is 858. The molecule has 0 saturated carbocycles. The van der Waals surface area contributed by atoms with E-state index in [9.17, 15) is 32.3 Å². The number of carbonyl (C=O) groups is 4.